The minimum absolute atomic E-state index is 0.254. The second-order valence-corrected chi connectivity index (χ2v) is 5.15. The van der Waals surface area contributed by atoms with Crippen molar-refractivity contribution in [3.63, 3.8) is 0 Å². The smallest absolute Gasteiger partial charge is 0.180 e. The number of tetrazole rings is 1. The molecule has 4 N–H and O–H groups in total. The van der Waals surface area contributed by atoms with Crippen LogP contribution < -0.4 is 5.73 Å². The standard InChI is InChI=1S/C15H13N5O/c16-15(13(21)14-17-19-20-18-14)11-7-3-1-5-9(11)10-6-2-4-8-12(10)15/h1-8,13,21H,16H2,(H,17,18,19,20). The van der Waals surface area contributed by atoms with E-state index in [0.717, 1.165) is 22.3 Å². The number of hydrogen-bond acceptors (Lipinski definition) is 5. The van der Waals surface area contributed by atoms with Gasteiger partial charge in [0.05, 0.1) is 0 Å². The molecule has 0 aliphatic heterocycles. The highest BCUT2D eigenvalue weighted by Gasteiger charge is 2.47. The van der Waals surface area contributed by atoms with Crippen molar-refractivity contribution in [3.05, 3.63) is 65.5 Å². The molecule has 6 heteroatoms. The maximum atomic E-state index is 10.8. The molecule has 1 heterocycles. The molecule has 1 aliphatic carbocycles. The van der Waals surface area contributed by atoms with Gasteiger partial charge in [-0.3, -0.25) is 0 Å². The number of aromatic amines is 1. The summed E-state index contributed by atoms with van der Waals surface area (Å²) in [6.45, 7) is 0. The van der Waals surface area contributed by atoms with E-state index in [1.54, 1.807) is 0 Å². The van der Waals surface area contributed by atoms with Crippen LogP contribution in [-0.4, -0.2) is 25.7 Å². The van der Waals surface area contributed by atoms with E-state index in [2.05, 4.69) is 20.6 Å². The van der Waals surface area contributed by atoms with E-state index < -0.39 is 11.6 Å². The second kappa shape index (κ2) is 4.21. The minimum Gasteiger partial charge on any atom is -0.382 e. The van der Waals surface area contributed by atoms with E-state index >= 15 is 0 Å². The van der Waals surface area contributed by atoms with Gasteiger partial charge < -0.3 is 10.8 Å². The van der Waals surface area contributed by atoms with Gasteiger partial charge >= 0.3 is 0 Å². The largest absolute Gasteiger partial charge is 0.382 e. The fraction of sp³-hybridized carbons (Fsp3) is 0.133. The quantitative estimate of drug-likeness (QED) is 0.652. The highest BCUT2D eigenvalue weighted by Crippen LogP contribution is 2.50. The molecule has 0 bridgehead atoms. The first-order chi connectivity index (χ1) is 10.2. The summed E-state index contributed by atoms with van der Waals surface area (Å²) in [6, 6.07) is 15.6. The van der Waals surface area contributed by atoms with Crippen molar-refractivity contribution < 1.29 is 5.11 Å². The van der Waals surface area contributed by atoms with Crippen LogP contribution in [0.2, 0.25) is 0 Å². The Morgan fingerprint density at radius 3 is 2.10 bits per heavy atom. The number of H-pyrrole nitrogens is 1. The van der Waals surface area contributed by atoms with Crippen molar-refractivity contribution in [2.75, 3.05) is 0 Å². The van der Waals surface area contributed by atoms with Crippen molar-refractivity contribution in [1.82, 2.24) is 20.6 Å². The molecule has 2 aromatic carbocycles. The zero-order valence-corrected chi connectivity index (χ0v) is 11.1. The van der Waals surface area contributed by atoms with Crippen LogP contribution in [0.1, 0.15) is 23.1 Å². The van der Waals surface area contributed by atoms with Crippen molar-refractivity contribution in [3.8, 4) is 11.1 Å². The Kier molecular flexibility index (Phi) is 2.44. The van der Waals surface area contributed by atoms with Crippen LogP contribution in [0, 0.1) is 0 Å². The number of nitrogens with one attached hydrogen (secondary N) is 1. The zero-order valence-electron chi connectivity index (χ0n) is 11.1. The van der Waals surface area contributed by atoms with Crippen molar-refractivity contribution in [2.45, 2.75) is 11.6 Å². The number of aliphatic hydroxyl groups excluding tert-OH is 1. The summed E-state index contributed by atoms with van der Waals surface area (Å²) >= 11 is 0. The molecule has 0 fully saturated rings. The Balaban J connectivity index is 2.00. The summed E-state index contributed by atoms with van der Waals surface area (Å²) in [5, 5.41) is 24.2. The third kappa shape index (κ3) is 1.51. The fourth-order valence-electron chi connectivity index (χ4n) is 3.10. The number of fused-ring (bicyclic) bond motifs is 3. The Morgan fingerprint density at radius 2 is 1.57 bits per heavy atom. The van der Waals surface area contributed by atoms with E-state index in [4.69, 9.17) is 5.73 Å². The number of aliphatic hydroxyl groups is 1. The fourth-order valence-corrected chi connectivity index (χ4v) is 3.10. The molecule has 0 amide bonds. The molecule has 1 atom stereocenters. The molecular formula is C15H13N5O. The lowest BCUT2D eigenvalue weighted by molar-refractivity contribution is 0.0988. The third-order valence-corrected chi connectivity index (χ3v) is 4.09. The van der Waals surface area contributed by atoms with Crippen molar-refractivity contribution >= 4 is 0 Å². The molecule has 21 heavy (non-hydrogen) atoms. The lowest BCUT2D eigenvalue weighted by atomic mass is 9.83. The second-order valence-electron chi connectivity index (χ2n) is 5.15. The topological polar surface area (TPSA) is 101 Å². The SMILES string of the molecule is NC1(C(O)c2nnn[nH]2)c2ccccc2-c2ccccc21. The molecule has 3 aromatic rings. The lowest BCUT2D eigenvalue weighted by Crippen LogP contribution is -2.42. The number of rotatable bonds is 2. The van der Waals surface area contributed by atoms with Crippen LogP contribution in [0.15, 0.2) is 48.5 Å². The van der Waals surface area contributed by atoms with Gasteiger partial charge in [-0.05, 0) is 32.7 Å². The summed E-state index contributed by atoms with van der Waals surface area (Å²) in [6.07, 6.45) is -1.06. The predicted octanol–water partition coefficient (Wildman–Crippen LogP) is 1.12. The highest BCUT2D eigenvalue weighted by molar-refractivity contribution is 5.81. The molecule has 0 saturated carbocycles. The number of hydrogen-bond donors (Lipinski definition) is 3. The maximum Gasteiger partial charge on any atom is 0.180 e. The van der Waals surface area contributed by atoms with E-state index in [-0.39, 0.29) is 5.82 Å². The van der Waals surface area contributed by atoms with Crippen LogP contribution in [0.4, 0.5) is 0 Å². The van der Waals surface area contributed by atoms with E-state index in [1.165, 1.54) is 0 Å². The maximum absolute atomic E-state index is 10.8. The third-order valence-electron chi connectivity index (χ3n) is 4.09. The highest BCUT2D eigenvalue weighted by atomic mass is 16.3. The predicted molar refractivity (Wildman–Crippen MR) is 76.0 cm³/mol. The van der Waals surface area contributed by atoms with Crippen LogP contribution >= 0.6 is 0 Å². The number of benzene rings is 2. The first kappa shape index (κ1) is 12.2. The summed E-state index contributed by atoms with van der Waals surface area (Å²) in [7, 11) is 0. The number of nitrogens with two attached hydrogens (primary N) is 1. The molecule has 6 nitrogen and oxygen atoms in total. The van der Waals surface area contributed by atoms with Gasteiger partial charge in [0.15, 0.2) is 5.82 Å². The molecule has 104 valence electrons. The Bertz CT molecular complexity index is 754. The van der Waals surface area contributed by atoms with Gasteiger partial charge in [0.1, 0.15) is 11.6 Å². The molecule has 1 aliphatic rings. The van der Waals surface area contributed by atoms with Gasteiger partial charge in [0.25, 0.3) is 0 Å². The van der Waals surface area contributed by atoms with Gasteiger partial charge in [0.2, 0.25) is 0 Å². The molecule has 4 rings (SSSR count). The molecule has 0 radical (unpaired) electrons. The first-order valence-electron chi connectivity index (χ1n) is 6.63. The summed E-state index contributed by atoms with van der Waals surface area (Å²) in [5.41, 5.74) is 9.38. The monoisotopic (exact) mass is 279 g/mol. The van der Waals surface area contributed by atoms with Crippen LogP contribution in [-0.2, 0) is 5.54 Å². The van der Waals surface area contributed by atoms with Crippen molar-refractivity contribution in [2.24, 2.45) is 5.73 Å². The summed E-state index contributed by atoms with van der Waals surface area (Å²) in [4.78, 5) is 0. The van der Waals surface area contributed by atoms with Gasteiger partial charge in [-0.25, -0.2) is 5.10 Å². The molecule has 0 saturated heterocycles. The van der Waals surface area contributed by atoms with Crippen LogP contribution in [0.3, 0.4) is 0 Å². The van der Waals surface area contributed by atoms with Gasteiger partial charge in [-0.15, -0.1) is 5.10 Å². The Morgan fingerprint density at radius 1 is 1.00 bits per heavy atom. The average molecular weight is 279 g/mol. The summed E-state index contributed by atoms with van der Waals surface area (Å²) in [5.74, 6) is 0.254. The normalized spacial score (nSPS) is 16.3. The minimum atomic E-state index is -1.08. The Hall–Kier alpha value is -2.57. The van der Waals surface area contributed by atoms with Crippen LogP contribution in [0.5, 0.6) is 0 Å². The van der Waals surface area contributed by atoms with Crippen LogP contribution in [0.25, 0.3) is 11.1 Å². The van der Waals surface area contributed by atoms with E-state index in [9.17, 15) is 5.11 Å². The van der Waals surface area contributed by atoms with Gasteiger partial charge in [0, 0.05) is 0 Å². The number of aromatic nitrogens is 4. The molecule has 1 aromatic heterocycles. The zero-order chi connectivity index (χ0) is 14.4. The molecule has 0 spiro atoms. The first-order valence-corrected chi connectivity index (χ1v) is 6.63. The van der Waals surface area contributed by atoms with E-state index in [1.807, 2.05) is 48.5 Å². The van der Waals surface area contributed by atoms with E-state index in [0.29, 0.717) is 0 Å². The summed E-state index contributed by atoms with van der Waals surface area (Å²) < 4.78 is 0. The van der Waals surface area contributed by atoms with Gasteiger partial charge in [-0.2, -0.15) is 0 Å². The average Bonchev–Trinajstić information content (AvgIpc) is 3.15. The van der Waals surface area contributed by atoms with Crippen molar-refractivity contribution in [1.29, 1.82) is 0 Å². The number of nitrogens with zero attached hydrogens (tertiary/aromatic N) is 3. The molecular weight excluding hydrogens is 266 g/mol. The molecule has 1 unspecified atom stereocenters. The Labute approximate surface area is 120 Å². The van der Waals surface area contributed by atoms with Gasteiger partial charge in [-0.1, -0.05) is 48.5 Å². The lowest BCUT2D eigenvalue weighted by Gasteiger charge is -2.30.